The van der Waals surface area contributed by atoms with Crippen LogP contribution in [0.5, 0.6) is 0 Å². The van der Waals surface area contributed by atoms with Gasteiger partial charge >= 0.3 is 20.9 Å². The van der Waals surface area contributed by atoms with Gasteiger partial charge < -0.3 is 0 Å². The van der Waals surface area contributed by atoms with Crippen molar-refractivity contribution in [2.75, 3.05) is 6.61 Å². The van der Waals surface area contributed by atoms with Gasteiger partial charge in [0.05, 0.1) is 12.3 Å². The molecular formula is C8H9NO6S2. The second-order valence-electron chi connectivity index (χ2n) is 2.97. The number of hydrogen-bond donors (Lipinski definition) is 1. The molecule has 0 saturated heterocycles. The highest BCUT2D eigenvalue weighted by molar-refractivity contribution is 7.80. The van der Waals surface area contributed by atoms with E-state index in [1.807, 2.05) is 0 Å². The van der Waals surface area contributed by atoms with E-state index in [-0.39, 0.29) is 18.7 Å². The third-order valence-corrected chi connectivity index (χ3v) is 2.56. The summed E-state index contributed by atoms with van der Waals surface area (Å²) in [6.45, 7) is -0.192. The first-order valence-electron chi connectivity index (χ1n) is 4.39. The molecular weight excluding hydrogens is 270 g/mol. The van der Waals surface area contributed by atoms with Crippen molar-refractivity contribution in [1.82, 2.24) is 0 Å². The largest absolute Gasteiger partial charge is 0.397 e. The van der Waals surface area contributed by atoms with Crippen LogP contribution in [0.4, 0.5) is 5.69 Å². The van der Waals surface area contributed by atoms with Crippen molar-refractivity contribution in [2.45, 2.75) is 6.42 Å². The molecule has 0 aliphatic rings. The molecule has 0 aliphatic heterocycles. The fourth-order valence-corrected chi connectivity index (χ4v) is 1.66. The van der Waals surface area contributed by atoms with E-state index < -0.39 is 20.9 Å². The summed E-state index contributed by atoms with van der Waals surface area (Å²) in [5.74, 6) is 0. The summed E-state index contributed by atoms with van der Waals surface area (Å²) in [7, 11) is -6.92. The van der Waals surface area contributed by atoms with Gasteiger partial charge in [0.2, 0.25) is 0 Å². The predicted molar refractivity (Wildman–Crippen MR) is 58.7 cm³/mol. The lowest BCUT2D eigenvalue weighted by Crippen LogP contribution is -2.06. The molecule has 0 radical (unpaired) electrons. The minimum Gasteiger partial charge on any atom is -0.264 e. The van der Waals surface area contributed by atoms with Gasteiger partial charge in [0.1, 0.15) is 0 Å². The van der Waals surface area contributed by atoms with E-state index in [4.69, 9.17) is 4.55 Å². The van der Waals surface area contributed by atoms with Gasteiger partial charge in [0.15, 0.2) is 0 Å². The van der Waals surface area contributed by atoms with E-state index in [1.165, 1.54) is 12.1 Å². The Morgan fingerprint density at radius 3 is 2.29 bits per heavy atom. The smallest absolute Gasteiger partial charge is 0.264 e. The van der Waals surface area contributed by atoms with Gasteiger partial charge in [-0.25, -0.2) is 4.18 Å². The average Bonchev–Trinajstić information content (AvgIpc) is 2.18. The van der Waals surface area contributed by atoms with Crippen molar-refractivity contribution in [3.63, 3.8) is 0 Å². The highest BCUT2D eigenvalue weighted by atomic mass is 32.3. The molecule has 0 aliphatic carbocycles. The topological polar surface area (TPSA) is 110 Å². The summed E-state index contributed by atoms with van der Waals surface area (Å²) in [6.07, 6.45) is 0.264. The lowest BCUT2D eigenvalue weighted by atomic mass is 10.1. The van der Waals surface area contributed by atoms with Gasteiger partial charge in [-0.2, -0.15) is 16.8 Å². The molecule has 0 spiro atoms. The standard InChI is InChI=1S/C8H9NO6S2/c10-16(11)9-8-3-1-7(2-4-8)5-6-15-17(12,13)14/h1-4H,5-6H2,(H,12,13,14). The van der Waals surface area contributed by atoms with Crippen LogP contribution in [0.25, 0.3) is 0 Å². The Bertz CT molecular complexity index is 594. The fraction of sp³-hybridized carbons (Fsp3) is 0.250. The summed E-state index contributed by atoms with van der Waals surface area (Å²) in [6, 6.07) is 6.11. The molecule has 0 unspecified atom stereocenters. The highest BCUT2D eigenvalue weighted by Gasteiger charge is 2.03. The average molecular weight is 279 g/mol. The molecule has 1 aromatic carbocycles. The van der Waals surface area contributed by atoms with E-state index in [0.29, 0.717) is 0 Å². The Morgan fingerprint density at radius 2 is 1.82 bits per heavy atom. The SMILES string of the molecule is O=S(=O)=Nc1ccc(CCOS(=O)(=O)O)cc1. The zero-order chi connectivity index (χ0) is 12.9. The molecule has 0 bridgehead atoms. The molecule has 1 aromatic rings. The minimum atomic E-state index is -4.42. The Kier molecular flexibility index (Phi) is 4.75. The maximum atomic E-state index is 10.3. The van der Waals surface area contributed by atoms with Crippen LogP contribution in [0.1, 0.15) is 5.56 Å². The monoisotopic (exact) mass is 279 g/mol. The molecule has 9 heteroatoms. The molecule has 1 N–H and O–H groups in total. The van der Waals surface area contributed by atoms with Crippen LogP contribution in [0.2, 0.25) is 0 Å². The third kappa shape index (κ3) is 6.12. The predicted octanol–water partition coefficient (Wildman–Crippen LogP) is 0.743. The highest BCUT2D eigenvalue weighted by Crippen LogP contribution is 2.13. The first-order valence-corrected chi connectivity index (χ1v) is 6.78. The summed E-state index contributed by atoms with van der Waals surface area (Å²) >= 11 is 0. The number of nitrogens with zero attached hydrogens (tertiary/aromatic N) is 1. The van der Waals surface area contributed by atoms with E-state index >= 15 is 0 Å². The molecule has 7 nitrogen and oxygen atoms in total. The second kappa shape index (κ2) is 5.87. The summed E-state index contributed by atoms with van der Waals surface area (Å²) in [5.41, 5.74) is 1.00. The van der Waals surface area contributed by atoms with Gasteiger partial charge in [-0.15, -0.1) is 4.36 Å². The van der Waals surface area contributed by atoms with Crippen LogP contribution in [0.15, 0.2) is 28.6 Å². The third-order valence-electron chi connectivity index (χ3n) is 1.74. The Balaban J connectivity index is 2.60. The Morgan fingerprint density at radius 1 is 1.24 bits per heavy atom. The van der Waals surface area contributed by atoms with E-state index in [2.05, 4.69) is 8.55 Å². The molecule has 0 saturated carbocycles. The van der Waals surface area contributed by atoms with E-state index in [9.17, 15) is 16.8 Å². The first kappa shape index (κ1) is 13.8. The minimum absolute atomic E-state index is 0.192. The molecule has 94 valence electrons. The molecule has 0 amide bonds. The van der Waals surface area contributed by atoms with Crippen molar-refractivity contribution in [1.29, 1.82) is 0 Å². The van der Waals surface area contributed by atoms with Crippen LogP contribution in [-0.2, 0) is 31.5 Å². The van der Waals surface area contributed by atoms with Crippen molar-refractivity contribution < 1.29 is 25.6 Å². The zero-order valence-corrected chi connectivity index (χ0v) is 10.1. The lowest BCUT2D eigenvalue weighted by molar-refractivity contribution is 0.272. The van der Waals surface area contributed by atoms with E-state index in [1.54, 1.807) is 12.1 Å². The molecule has 0 heterocycles. The summed E-state index contributed by atoms with van der Waals surface area (Å²) < 4.78 is 56.7. The van der Waals surface area contributed by atoms with Crippen molar-refractivity contribution in [2.24, 2.45) is 4.36 Å². The maximum Gasteiger partial charge on any atom is 0.397 e. The molecule has 17 heavy (non-hydrogen) atoms. The maximum absolute atomic E-state index is 10.3. The van der Waals surface area contributed by atoms with Gasteiger partial charge in [-0.05, 0) is 24.1 Å². The number of hydrogen-bond acceptors (Lipinski definition) is 6. The van der Waals surface area contributed by atoms with Crippen LogP contribution < -0.4 is 0 Å². The van der Waals surface area contributed by atoms with Crippen LogP contribution in [-0.4, -0.2) is 28.0 Å². The molecule has 0 atom stereocenters. The van der Waals surface area contributed by atoms with Gasteiger partial charge in [-0.3, -0.25) is 4.55 Å². The molecule has 0 fully saturated rings. The van der Waals surface area contributed by atoms with Crippen LogP contribution in [0.3, 0.4) is 0 Å². The van der Waals surface area contributed by atoms with Gasteiger partial charge in [0.25, 0.3) is 0 Å². The molecule has 0 aromatic heterocycles. The zero-order valence-electron chi connectivity index (χ0n) is 8.48. The van der Waals surface area contributed by atoms with Gasteiger partial charge in [-0.1, -0.05) is 12.1 Å². The van der Waals surface area contributed by atoms with Crippen molar-refractivity contribution >= 4 is 26.6 Å². The van der Waals surface area contributed by atoms with Crippen LogP contribution in [0, 0.1) is 0 Å². The molecule has 1 rings (SSSR count). The lowest BCUT2D eigenvalue weighted by Gasteiger charge is -2.00. The Hall–Kier alpha value is -1.29. The van der Waals surface area contributed by atoms with E-state index in [0.717, 1.165) is 5.56 Å². The first-order chi connectivity index (χ1) is 7.87. The van der Waals surface area contributed by atoms with Crippen LogP contribution >= 0.6 is 0 Å². The number of rotatable bonds is 5. The number of benzene rings is 1. The van der Waals surface area contributed by atoms with Gasteiger partial charge in [0, 0.05) is 0 Å². The van der Waals surface area contributed by atoms with Crippen molar-refractivity contribution in [3.05, 3.63) is 29.8 Å². The summed E-state index contributed by atoms with van der Waals surface area (Å²) in [5, 5.41) is 0. The second-order valence-corrected chi connectivity index (χ2v) is 4.68. The quantitative estimate of drug-likeness (QED) is 0.796. The Labute approximate surface area is 99.7 Å². The normalized spacial score (nSPS) is 11.1. The van der Waals surface area contributed by atoms with Crippen molar-refractivity contribution in [3.8, 4) is 0 Å². The fourth-order valence-electron chi connectivity index (χ4n) is 1.07. The summed E-state index contributed by atoms with van der Waals surface area (Å²) in [4.78, 5) is 0.